The Hall–Kier alpha value is -6.50. The van der Waals surface area contributed by atoms with E-state index in [2.05, 4.69) is 121 Å². The summed E-state index contributed by atoms with van der Waals surface area (Å²) in [6.45, 7) is 0. The molecule has 7 aromatic carbocycles. The van der Waals surface area contributed by atoms with Crippen molar-refractivity contribution in [2.24, 2.45) is 9.98 Å². The maximum Gasteiger partial charge on any atom is 0.171 e. The van der Waals surface area contributed by atoms with Crippen molar-refractivity contribution in [2.75, 3.05) is 0 Å². The van der Waals surface area contributed by atoms with Crippen LogP contribution in [0.1, 0.15) is 22.9 Å². The first kappa shape index (κ1) is 28.3. The van der Waals surface area contributed by atoms with Crippen molar-refractivity contribution in [1.29, 1.82) is 0 Å². The van der Waals surface area contributed by atoms with Crippen molar-refractivity contribution in [2.45, 2.75) is 6.17 Å². The molecule has 0 saturated heterocycles. The molecule has 10 aromatic rings. The Balaban J connectivity index is 1.19. The van der Waals surface area contributed by atoms with Crippen molar-refractivity contribution in [3.8, 4) is 11.1 Å². The minimum atomic E-state index is -0.537. The molecule has 6 heteroatoms. The monoisotopic (exact) mass is 673 g/mol. The van der Waals surface area contributed by atoms with E-state index in [1.165, 1.54) is 10.1 Å². The van der Waals surface area contributed by atoms with Crippen LogP contribution in [0.2, 0.25) is 0 Å². The number of amidine groups is 2. The van der Waals surface area contributed by atoms with Gasteiger partial charge in [0, 0.05) is 52.8 Å². The highest BCUT2D eigenvalue weighted by molar-refractivity contribution is 7.26. The minimum Gasteiger partial charge on any atom is -0.455 e. The molecular formula is C45H27N3O2S. The highest BCUT2D eigenvalue weighted by Crippen LogP contribution is 2.46. The zero-order chi connectivity index (χ0) is 33.5. The molecule has 1 aliphatic rings. The number of aliphatic imine (C=N–C) groups is 2. The second kappa shape index (κ2) is 11.0. The summed E-state index contributed by atoms with van der Waals surface area (Å²) in [5, 5.41) is 10.2. The summed E-state index contributed by atoms with van der Waals surface area (Å²) in [7, 11) is 0. The summed E-state index contributed by atoms with van der Waals surface area (Å²) in [6, 6.07) is 52.5. The Morgan fingerprint density at radius 1 is 0.490 bits per heavy atom. The van der Waals surface area contributed by atoms with E-state index in [9.17, 15) is 0 Å². The number of hydrogen-bond acceptors (Lipinski definition) is 6. The Morgan fingerprint density at radius 3 is 1.96 bits per heavy atom. The van der Waals surface area contributed by atoms with Crippen molar-refractivity contribution < 1.29 is 8.83 Å². The van der Waals surface area contributed by atoms with Crippen LogP contribution < -0.4 is 5.32 Å². The zero-order valence-corrected chi connectivity index (χ0v) is 27.9. The number of rotatable bonds is 4. The van der Waals surface area contributed by atoms with Crippen molar-refractivity contribution >= 4 is 87.1 Å². The Labute approximate surface area is 295 Å². The lowest BCUT2D eigenvalue weighted by Gasteiger charge is -2.23. The van der Waals surface area contributed by atoms with Crippen LogP contribution in [0, 0.1) is 0 Å². The average Bonchev–Trinajstić information content (AvgIpc) is 3.89. The molecule has 0 saturated carbocycles. The van der Waals surface area contributed by atoms with Gasteiger partial charge < -0.3 is 14.2 Å². The van der Waals surface area contributed by atoms with Gasteiger partial charge in [0.2, 0.25) is 0 Å². The van der Waals surface area contributed by atoms with Gasteiger partial charge in [-0.3, -0.25) is 0 Å². The quantitative estimate of drug-likeness (QED) is 0.202. The van der Waals surface area contributed by atoms with E-state index in [4.69, 9.17) is 18.8 Å². The SMILES string of the molecule is c1ccc(-c2cccc(C3=NC(c4cc5c6ccccc6oc5c5c4sc4ccccc45)N=C(c4cccc5c4oc4ccccc45)N3)c2)cc1. The van der Waals surface area contributed by atoms with Crippen molar-refractivity contribution in [1.82, 2.24) is 5.32 Å². The molecule has 1 unspecified atom stereocenters. The molecule has 0 bridgehead atoms. The predicted molar refractivity (Wildman–Crippen MR) is 211 cm³/mol. The van der Waals surface area contributed by atoms with Gasteiger partial charge in [0.1, 0.15) is 34.0 Å². The fourth-order valence-corrected chi connectivity index (χ4v) is 8.80. The van der Waals surface area contributed by atoms with Gasteiger partial charge in [0.25, 0.3) is 0 Å². The number of hydrogen-bond donors (Lipinski definition) is 1. The van der Waals surface area contributed by atoms with E-state index in [0.717, 1.165) is 87.6 Å². The van der Waals surface area contributed by atoms with Crippen LogP contribution in [0.15, 0.2) is 170 Å². The van der Waals surface area contributed by atoms with E-state index in [0.29, 0.717) is 5.84 Å². The van der Waals surface area contributed by atoms with Crippen LogP contribution in [0.4, 0.5) is 0 Å². The number of para-hydroxylation sites is 3. The molecule has 4 heterocycles. The van der Waals surface area contributed by atoms with Crippen molar-refractivity contribution in [3.05, 3.63) is 168 Å². The lowest BCUT2D eigenvalue weighted by atomic mass is 10.0. The van der Waals surface area contributed by atoms with E-state index in [-0.39, 0.29) is 0 Å². The van der Waals surface area contributed by atoms with E-state index in [1.807, 2.05) is 36.4 Å². The summed E-state index contributed by atoms with van der Waals surface area (Å²) in [4.78, 5) is 10.8. The Kier molecular flexibility index (Phi) is 6.12. The molecule has 1 N–H and O–H groups in total. The first-order chi connectivity index (χ1) is 25.3. The van der Waals surface area contributed by atoms with E-state index in [1.54, 1.807) is 11.3 Å². The predicted octanol–water partition coefficient (Wildman–Crippen LogP) is 12.0. The molecule has 0 spiro atoms. The van der Waals surface area contributed by atoms with Crippen molar-refractivity contribution in [3.63, 3.8) is 0 Å². The first-order valence-electron chi connectivity index (χ1n) is 17.0. The molecule has 51 heavy (non-hydrogen) atoms. The Bertz CT molecular complexity index is 3070. The van der Waals surface area contributed by atoms with Crippen LogP contribution >= 0.6 is 11.3 Å². The standard InChI is InChI=1S/C45H27N3O2S/c1-2-12-26(13-3-1)27-14-10-15-28(24-27)43-46-44(33-20-11-19-31-29-16-4-7-21-36(29)49-40(31)33)48-45(47-43)35-25-34-30-17-5-8-22-37(30)50-41(34)39-32-18-6-9-23-38(32)51-42(35)39/h1-25,45H,(H,46,47,48). The third-order valence-corrected chi connectivity index (χ3v) is 11.2. The topological polar surface area (TPSA) is 63.0 Å². The van der Waals surface area contributed by atoms with E-state index >= 15 is 0 Å². The van der Waals surface area contributed by atoms with Gasteiger partial charge in [-0.15, -0.1) is 11.3 Å². The average molecular weight is 674 g/mol. The highest BCUT2D eigenvalue weighted by Gasteiger charge is 2.28. The van der Waals surface area contributed by atoms with Crippen LogP contribution in [0.5, 0.6) is 0 Å². The van der Waals surface area contributed by atoms with Gasteiger partial charge in [-0.2, -0.15) is 0 Å². The van der Waals surface area contributed by atoms with Gasteiger partial charge in [0.15, 0.2) is 6.17 Å². The lowest BCUT2D eigenvalue weighted by Crippen LogP contribution is -2.36. The molecule has 0 aliphatic carbocycles. The number of fused-ring (bicyclic) bond motifs is 10. The lowest BCUT2D eigenvalue weighted by molar-refractivity contribution is 0.667. The highest BCUT2D eigenvalue weighted by atomic mass is 32.1. The van der Waals surface area contributed by atoms with Gasteiger partial charge in [-0.05, 0) is 47.5 Å². The van der Waals surface area contributed by atoms with Gasteiger partial charge in [-0.25, -0.2) is 9.98 Å². The summed E-state index contributed by atoms with van der Waals surface area (Å²) in [5.74, 6) is 1.47. The maximum atomic E-state index is 6.60. The second-order valence-electron chi connectivity index (χ2n) is 12.9. The zero-order valence-electron chi connectivity index (χ0n) is 27.1. The summed E-state index contributed by atoms with van der Waals surface area (Å²) in [6.07, 6.45) is -0.537. The van der Waals surface area contributed by atoms with Crippen LogP contribution in [-0.4, -0.2) is 11.7 Å². The molecule has 1 aliphatic heterocycles. The molecule has 5 nitrogen and oxygen atoms in total. The third-order valence-electron chi connectivity index (χ3n) is 9.94. The first-order valence-corrected chi connectivity index (χ1v) is 17.8. The molecule has 11 rings (SSSR count). The minimum absolute atomic E-state index is 0.537. The number of benzene rings is 7. The second-order valence-corrected chi connectivity index (χ2v) is 14.0. The summed E-state index contributed by atoms with van der Waals surface area (Å²) in [5.41, 5.74) is 8.60. The van der Waals surface area contributed by atoms with Crippen LogP contribution in [0.3, 0.4) is 0 Å². The number of nitrogens with zero attached hydrogens (tertiary/aromatic N) is 2. The molecule has 1 atom stereocenters. The normalized spacial score (nSPS) is 14.9. The fraction of sp³-hybridized carbons (Fsp3) is 0.0222. The summed E-state index contributed by atoms with van der Waals surface area (Å²) < 4.78 is 15.5. The number of furan rings is 2. The Morgan fingerprint density at radius 2 is 1.12 bits per heavy atom. The van der Waals surface area contributed by atoms with Gasteiger partial charge >= 0.3 is 0 Å². The summed E-state index contributed by atoms with van der Waals surface area (Å²) >= 11 is 1.77. The fourth-order valence-electron chi connectivity index (χ4n) is 7.56. The van der Waals surface area contributed by atoms with Gasteiger partial charge in [-0.1, -0.05) is 115 Å². The number of thiophene rings is 1. The molecule has 240 valence electrons. The maximum absolute atomic E-state index is 6.60. The van der Waals surface area contributed by atoms with Gasteiger partial charge in [0.05, 0.1) is 5.56 Å². The third kappa shape index (κ3) is 4.40. The van der Waals surface area contributed by atoms with Crippen LogP contribution in [-0.2, 0) is 0 Å². The smallest absolute Gasteiger partial charge is 0.171 e. The molecular weight excluding hydrogens is 647 g/mol. The van der Waals surface area contributed by atoms with Crippen LogP contribution in [0.25, 0.3) is 75.2 Å². The largest absolute Gasteiger partial charge is 0.455 e. The molecule has 0 fully saturated rings. The molecule has 3 aromatic heterocycles. The number of nitrogens with one attached hydrogen (secondary N) is 1. The van der Waals surface area contributed by atoms with E-state index < -0.39 is 6.17 Å². The molecule has 0 radical (unpaired) electrons. The molecule has 0 amide bonds.